The molecule has 1 aliphatic rings. The van der Waals surface area contributed by atoms with Gasteiger partial charge in [0.05, 0.1) is 0 Å². The molecule has 0 heterocycles. The summed E-state index contributed by atoms with van der Waals surface area (Å²) < 4.78 is 0.245. The quantitative estimate of drug-likeness (QED) is 0.804. The van der Waals surface area contributed by atoms with Crippen LogP contribution < -0.4 is 5.73 Å². The van der Waals surface area contributed by atoms with Crippen LogP contribution in [0.25, 0.3) is 0 Å². The molecule has 0 bridgehead atoms. The molecule has 0 saturated heterocycles. The van der Waals surface area contributed by atoms with Crippen LogP contribution in [0.1, 0.15) is 51.6 Å². The Morgan fingerprint density at radius 1 is 1.28 bits per heavy atom. The summed E-state index contributed by atoms with van der Waals surface area (Å²) in [6, 6.07) is 8.84. The SMILES string of the molecule is CC(C)(C)Sc1ccccc1[C@@H](N)CC1CC1.Cl. The molecule has 0 spiro atoms. The third-order valence-electron chi connectivity index (χ3n) is 3.02. The minimum Gasteiger partial charge on any atom is -0.324 e. The number of hydrogen-bond acceptors (Lipinski definition) is 2. The Morgan fingerprint density at radius 2 is 1.89 bits per heavy atom. The first-order valence-electron chi connectivity index (χ1n) is 6.49. The highest BCUT2D eigenvalue weighted by Crippen LogP contribution is 2.40. The van der Waals surface area contributed by atoms with Gasteiger partial charge in [-0.1, -0.05) is 51.8 Å². The third-order valence-corrected chi connectivity index (χ3v) is 4.22. The largest absolute Gasteiger partial charge is 0.324 e. The predicted molar refractivity (Wildman–Crippen MR) is 83.6 cm³/mol. The van der Waals surface area contributed by atoms with Crippen molar-refractivity contribution < 1.29 is 0 Å². The fraction of sp³-hybridized carbons (Fsp3) is 0.600. The van der Waals surface area contributed by atoms with Crippen LogP contribution in [0.5, 0.6) is 0 Å². The van der Waals surface area contributed by atoms with Gasteiger partial charge < -0.3 is 5.73 Å². The molecule has 1 aromatic carbocycles. The van der Waals surface area contributed by atoms with Gasteiger partial charge in [-0.3, -0.25) is 0 Å². The summed E-state index contributed by atoms with van der Waals surface area (Å²) >= 11 is 1.92. The van der Waals surface area contributed by atoms with Crippen molar-refractivity contribution in [2.45, 2.75) is 55.7 Å². The number of hydrogen-bond donors (Lipinski definition) is 1. The number of nitrogens with two attached hydrogens (primary N) is 1. The fourth-order valence-electron chi connectivity index (χ4n) is 2.05. The molecular weight excluding hydrogens is 262 g/mol. The van der Waals surface area contributed by atoms with Crippen LogP contribution in [0.4, 0.5) is 0 Å². The third kappa shape index (κ3) is 4.83. The van der Waals surface area contributed by atoms with Gasteiger partial charge in [0.25, 0.3) is 0 Å². The molecule has 0 unspecified atom stereocenters. The van der Waals surface area contributed by atoms with E-state index in [1.165, 1.54) is 23.3 Å². The van der Waals surface area contributed by atoms with E-state index >= 15 is 0 Å². The average Bonchev–Trinajstić information content (AvgIpc) is 3.00. The minimum atomic E-state index is 0. The number of rotatable bonds is 4. The second-order valence-electron chi connectivity index (χ2n) is 6.04. The van der Waals surface area contributed by atoms with E-state index in [-0.39, 0.29) is 23.2 Å². The van der Waals surface area contributed by atoms with Gasteiger partial charge in [0.1, 0.15) is 0 Å². The number of halogens is 1. The highest BCUT2D eigenvalue weighted by atomic mass is 35.5. The lowest BCUT2D eigenvalue weighted by molar-refractivity contribution is 0.589. The van der Waals surface area contributed by atoms with Gasteiger partial charge >= 0.3 is 0 Å². The van der Waals surface area contributed by atoms with Crippen molar-refractivity contribution in [3.05, 3.63) is 29.8 Å². The van der Waals surface area contributed by atoms with E-state index < -0.39 is 0 Å². The Bertz CT molecular complexity index is 382. The lowest BCUT2D eigenvalue weighted by Gasteiger charge is -2.22. The molecule has 0 amide bonds. The average molecular weight is 286 g/mol. The minimum absolute atomic E-state index is 0. The maximum atomic E-state index is 6.34. The van der Waals surface area contributed by atoms with E-state index in [4.69, 9.17) is 5.73 Å². The first kappa shape index (κ1) is 15.9. The molecule has 1 aliphatic carbocycles. The zero-order valence-electron chi connectivity index (χ0n) is 11.5. The Balaban J connectivity index is 0.00000162. The number of benzene rings is 1. The lowest BCUT2D eigenvalue weighted by Crippen LogP contribution is -2.14. The summed E-state index contributed by atoms with van der Waals surface area (Å²) in [5.41, 5.74) is 7.67. The van der Waals surface area contributed by atoms with Crippen LogP contribution in [0.15, 0.2) is 29.2 Å². The normalized spacial score (nSPS) is 17.1. The Kier molecular flexibility index (Phi) is 5.57. The van der Waals surface area contributed by atoms with E-state index in [9.17, 15) is 0 Å². The molecule has 2 rings (SSSR count). The topological polar surface area (TPSA) is 26.0 Å². The van der Waals surface area contributed by atoms with Gasteiger partial charge in [-0.25, -0.2) is 0 Å². The van der Waals surface area contributed by atoms with Crippen molar-refractivity contribution in [3.63, 3.8) is 0 Å². The second kappa shape index (κ2) is 6.31. The lowest BCUT2D eigenvalue weighted by atomic mass is 10.0. The van der Waals surface area contributed by atoms with Crippen molar-refractivity contribution in [2.24, 2.45) is 11.7 Å². The summed E-state index contributed by atoms with van der Waals surface area (Å²) in [7, 11) is 0. The van der Waals surface area contributed by atoms with Crippen molar-refractivity contribution >= 4 is 24.2 Å². The van der Waals surface area contributed by atoms with E-state index in [1.807, 2.05) is 11.8 Å². The van der Waals surface area contributed by atoms with Gasteiger partial charge in [-0.2, -0.15) is 0 Å². The Labute approximate surface area is 121 Å². The molecule has 1 atom stereocenters. The van der Waals surface area contributed by atoms with Crippen LogP contribution in [0, 0.1) is 5.92 Å². The highest BCUT2D eigenvalue weighted by Gasteiger charge is 2.26. The molecule has 1 saturated carbocycles. The molecule has 18 heavy (non-hydrogen) atoms. The van der Waals surface area contributed by atoms with Crippen LogP contribution in [0.3, 0.4) is 0 Å². The summed E-state index contributed by atoms with van der Waals surface area (Å²) in [6.07, 6.45) is 3.91. The Morgan fingerprint density at radius 3 is 2.44 bits per heavy atom. The molecule has 0 radical (unpaired) electrons. The Hall–Kier alpha value is -0.180. The summed E-state index contributed by atoms with van der Waals surface area (Å²) in [5, 5.41) is 0. The van der Waals surface area contributed by atoms with Crippen molar-refractivity contribution in [1.29, 1.82) is 0 Å². The van der Waals surface area contributed by atoms with E-state index in [0.717, 1.165) is 12.3 Å². The molecular formula is C15H24ClNS. The molecule has 0 aromatic heterocycles. The molecule has 102 valence electrons. The maximum Gasteiger partial charge on any atom is 0.0308 e. The molecule has 1 aromatic rings. The van der Waals surface area contributed by atoms with Gasteiger partial charge in [-0.05, 0) is 24.0 Å². The second-order valence-corrected chi connectivity index (χ2v) is 7.91. The van der Waals surface area contributed by atoms with Gasteiger partial charge in [0.15, 0.2) is 0 Å². The predicted octanol–water partition coefficient (Wildman–Crippen LogP) is 4.80. The van der Waals surface area contributed by atoms with Crippen molar-refractivity contribution in [3.8, 4) is 0 Å². The molecule has 2 N–H and O–H groups in total. The summed E-state index contributed by atoms with van der Waals surface area (Å²) in [6.45, 7) is 6.75. The highest BCUT2D eigenvalue weighted by molar-refractivity contribution is 8.00. The maximum absolute atomic E-state index is 6.34. The molecule has 0 aliphatic heterocycles. The van der Waals surface area contributed by atoms with Crippen LogP contribution in [0.2, 0.25) is 0 Å². The molecule has 1 nitrogen and oxygen atoms in total. The first-order chi connectivity index (χ1) is 7.96. The van der Waals surface area contributed by atoms with Gasteiger partial charge in [-0.15, -0.1) is 24.2 Å². The van der Waals surface area contributed by atoms with Gasteiger partial charge in [0, 0.05) is 15.7 Å². The van der Waals surface area contributed by atoms with E-state index in [0.29, 0.717) is 0 Å². The molecule has 1 fully saturated rings. The van der Waals surface area contributed by atoms with Crippen molar-refractivity contribution in [1.82, 2.24) is 0 Å². The van der Waals surface area contributed by atoms with Crippen LogP contribution in [-0.2, 0) is 0 Å². The van der Waals surface area contributed by atoms with Gasteiger partial charge in [0.2, 0.25) is 0 Å². The zero-order chi connectivity index (χ0) is 12.5. The number of thioether (sulfide) groups is 1. The first-order valence-corrected chi connectivity index (χ1v) is 7.31. The fourth-order valence-corrected chi connectivity index (χ4v) is 3.19. The summed E-state index contributed by atoms with van der Waals surface area (Å²) in [5.74, 6) is 0.887. The molecule has 3 heteroatoms. The monoisotopic (exact) mass is 285 g/mol. The van der Waals surface area contributed by atoms with E-state index in [2.05, 4.69) is 45.0 Å². The van der Waals surface area contributed by atoms with Crippen molar-refractivity contribution in [2.75, 3.05) is 0 Å². The summed E-state index contributed by atoms with van der Waals surface area (Å²) in [4.78, 5) is 1.35. The van der Waals surface area contributed by atoms with Crippen LogP contribution >= 0.6 is 24.2 Å². The standard InChI is InChI=1S/C15H23NS.ClH/c1-15(2,3)17-14-7-5-4-6-12(14)13(16)10-11-8-9-11;/h4-7,11,13H,8-10,16H2,1-3H3;1H/t13-;/m0./s1. The van der Waals surface area contributed by atoms with Crippen LogP contribution in [-0.4, -0.2) is 4.75 Å². The smallest absolute Gasteiger partial charge is 0.0308 e. The zero-order valence-corrected chi connectivity index (χ0v) is 13.1. The van der Waals surface area contributed by atoms with E-state index in [1.54, 1.807) is 0 Å².